The van der Waals surface area contributed by atoms with Crippen LogP contribution < -0.4 is 16.2 Å². The van der Waals surface area contributed by atoms with E-state index in [-0.39, 0.29) is 6.04 Å². The molecular formula is C14H14ClNO2. The van der Waals surface area contributed by atoms with E-state index in [2.05, 4.69) is 5.32 Å². The molecule has 0 saturated carbocycles. The lowest BCUT2D eigenvalue weighted by atomic mass is 9.98. The van der Waals surface area contributed by atoms with Crippen LogP contribution in [0.1, 0.15) is 20.3 Å². The highest BCUT2D eigenvalue weighted by Gasteiger charge is 2.22. The third-order valence-corrected chi connectivity index (χ3v) is 3.30. The Morgan fingerprint density at radius 2 is 1.78 bits per heavy atom. The third-order valence-electron chi connectivity index (χ3n) is 3.05. The van der Waals surface area contributed by atoms with Gasteiger partial charge in [0, 0.05) is 11.1 Å². The lowest BCUT2D eigenvalue weighted by Gasteiger charge is -2.17. The molecule has 4 heteroatoms. The van der Waals surface area contributed by atoms with Crippen LogP contribution in [0.25, 0.3) is 11.1 Å². The highest BCUT2D eigenvalue weighted by molar-refractivity contribution is 6.30. The Morgan fingerprint density at radius 3 is 2.33 bits per heavy atom. The predicted octanol–water partition coefficient (Wildman–Crippen LogP) is 2.81. The molecule has 2 rings (SSSR count). The molecule has 1 N–H and O–H groups in total. The molecule has 2 aromatic rings. The summed E-state index contributed by atoms with van der Waals surface area (Å²) in [6, 6.07) is 7.08. The van der Waals surface area contributed by atoms with Crippen molar-refractivity contribution in [2.45, 2.75) is 26.3 Å². The van der Waals surface area contributed by atoms with Gasteiger partial charge in [-0.3, -0.25) is 9.59 Å². The molecule has 18 heavy (non-hydrogen) atoms. The molecule has 94 valence electrons. The van der Waals surface area contributed by atoms with Gasteiger partial charge in [0.25, 0.3) is 0 Å². The molecule has 3 nitrogen and oxygen atoms in total. The molecule has 0 aliphatic heterocycles. The highest BCUT2D eigenvalue weighted by Crippen LogP contribution is 2.25. The maximum atomic E-state index is 11.6. The second-order valence-corrected chi connectivity index (χ2v) is 4.81. The molecule has 0 saturated heterocycles. The maximum Gasteiger partial charge on any atom is 0.250 e. The molecule has 0 unspecified atom stereocenters. The topological polar surface area (TPSA) is 46.2 Å². The van der Waals surface area contributed by atoms with Crippen LogP contribution in [0.2, 0.25) is 5.02 Å². The fourth-order valence-corrected chi connectivity index (χ4v) is 1.90. The standard InChI is InChI=1S/C14H14ClNO2/c1-3-8(2)16-12-11(13(17)14(12)18)9-4-6-10(15)7-5-9/h4-8,16H,3H2,1-2H3/t8-/m1/s1. The van der Waals surface area contributed by atoms with Crippen LogP contribution in [-0.2, 0) is 0 Å². The van der Waals surface area contributed by atoms with E-state index < -0.39 is 10.9 Å². The minimum absolute atomic E-state index is 0.166. The lowest BCUT2D eigenvalue weighted by Crippen LogP contribution is -2.38. The van der Waals surface area contributed by atoms with E-state index in [4.69, 9.17) is 11.6 Å². The zero-order chi connectivity index (χ0) is 13.3. The average molecular weight is 264 g/mol. The first kappa shape index (κ1) is 12.8. The largest absolute Gasteiger partial charge is 0.379 e. The molecule has 0 spiro atoms. The van der Waals surface area contributed by atoms with E-state index >= 15 is 0 Å². The summed E-state index contributed by atoms with van der Waals surface area (Å²) in [5, 5.41) is 3.69. The first-order chi connectivity index (χ1) is 8.54. The van der Waals surface area contributed by atoms with Gasteiger partial charge in [-0.25, -0.2) is 0 Å². The highest BCUT2D eigenvalue weighted by atomic mass is 35.5. The summed E-state index contributed by atoms with van der Waals surface area (Å²) in [6.45, 7) is 3.99. The van der Waals surface area contributed by atoms with Crippen molar-refractivity contribution in [2.24, 2.45) is 0 Å². The van der Waals surface area contributed by atoms with E-state index in [0.717, 1.165) is 12.0 Å². The number of nitrogens with one attached hydrogen (secondary N) is 1. The summed E-state index contributed by atoms with van der Waals surface area (Å²) in [7, 11) is 0. The summed E-state index contributed by atoms with van der Waals surface area (Å²) in [4.78, 5) is 23.2. The molecule has 0 heterocycles. The van der Waals surface area contributed by atoms with Crippen molar-refractivity contribution < 1.29 is 0 Å². The lowest BCUT2D eigenvalue weighted by molar-refractivity contribution is 0.762. The Balaban J connectivity index is 2.40. The van der Waals surface area contributed by atoms with Gasteiger partial charge >= 0.3 is 0 Å². The number of hydrogen-bond acceptors (Lipinski definition) is 3. The molecule has 1 atom stereocenters. The smallest absolute Gasteiger partial charge is 0.250 e. The van der Waals surface area contributed by atoms with Gasteiger partial charge in [-0.1, -0.05) is 30.7 Å². The first-order valence-corrected chi connectivity index (χ1v) is 6.28. The van der Waals surface area contributed by atoms with Gasteiger partial charge in [0.2, 0.25) is 10.9 Å². The summed E-state index contributed by atoms with van der Waals surface area (Å²) in [5.74, 6) is 0. The molecule has 0 bridgehead atoms. The number of hydrogen-bond donors (Lipinski definition) is 1. The van der Waals surface area contributed by atoms with Crippen molar-refractivity contribution in [3.05, 3.63) is 49.7 Å². The Kier molecular flexibility index (Phi) is 3.53. The van der Waals surface area contributed by atoms with Gasteiger partial charge in [-0.2, -0.15) is 0 Å². The molecular weight excluding hydrogens is 250 g/mol. The van der Waals surface area contributed by atoms with E-state index in [1.807, 2.05) is 13.8 Å². The summed E-state index contributed by atoms with van der Waals surface area (Å²) < 4.78 is 0. The van der Waals surface area contributed by atoms with Gasteiger partial charge in [0.15, 0.2) is 0 Å². The van der Waals surface area contributed by atoms with Crippen LogP contribution in [0.3, 0.4) is 0 Å². The van der Waals surface area contributed by atoms with Crippen LogP contribution in [-0.4, -0.2) is 6.04 Å². The molecule has 0 amide bonds. The number of rotatable bonds is 4. The number of benzene rings is 1. The normalized spacial score (nSPS) is 12.6. The van der Waals surface area contributed by atoms with E-state index in [0.29, 0.717) is 16.3 Å². The second-order valence-electron chi connectivity index (χ2n) is 4.37. The van der Waals surface area contributed by atoms with E-state index in [1.54, 1.807) is 24.3 Å². The van der Waals surface area contributed by atoms with Crippen molar-refractivity contribution in [3.63, 3.8) is 0 Å². The van der Waals surface area contributed by atoms with Crippen molar-refractivity contribution in [1.29, 1.82) is 0 Å². The van der Waals surface area contributed by atoms with Crippen LogP contribution in [0.15, 0.2) is 33.9 Å². The average Bonchev–Trinajstić information content (AvgIpc) is 2.39. The van der Waals surface area contributed by atoms with Crippen molar-refractivity contribution in [3.8, 4) is 11.1 Å². The van der Waals surface area contributed by atoms with Crippen molar-refractivity contribution >= 4 is 17.3 Å². The Hall–Kier alpha value is -1.61. The second kappa shape index (κ2) is 4.94. The van der Waals surface area contributed by atoms with Crippen LogP contribution >= 0.6 is 11.6 Å². The van der Waals surface area contributed by atoms with E-state index in [9.17, 15) is 9.59 Å². The summed E-state index contributed by atoms with van der Waals surface area (Å²) in [5.41, 5.74) is 0.770. The Labute approximate surface area is 110 Å². The minimum atomic E-state index is -0.430. The van der Waals surface area contributed by atoms with E-state index in [1.165, 1.54) is 0 Å². The maximum absolute atomic E-state index is 11.6. The van der Waals surface area contributed by atoms with Crippen molar-refractivity contribution in [1.82, 2.24) is 0 Å². The monoisotopic (exact) mass is 263 g/mol. The molecule has 0 radical (unpaired) electrons. The summed E-state index contributed by atoms with van der Waals surface area (Å²) in [6.07, 6.45) is 0.888. The zero-order valence-electron chi connectivity index (χ0n) is 10.3. The van der Waals surface area contributed by atoms with Crippen LogP contribution in [0.4, 0.5) is 5.69 Å². The number of anilines is 1. The van der Waals surface area contributed by atoms with Gasteiger partial charge in [-0.15, -0.1) is 0 Å². The molecule has 0 aliphatic rings. The molecule has 2 aromatic carbocycles. The fourth-order valence-electron chi connectivity index (χ4n) is 1.77. The van der Waals surface area contributed by atoms with Gasteiger partial charge in [0.1, 0.15) is 0 Å². The quantitative estimate of drug-likeness (QED) is 0.863. The zero-order valence-corrected chi connectivity index (χ0v) is 11.0. The van der Waals surface area contributed by atoms with Gasteiger partial charge in [-0.05, 0) is 31.0 Å². The molecule has 0 fully saturated rings. The van der Waals surface area contributed by atoms with Gasteiger partial charge in [0.05, 0.1) is 11.3 Å². The van der Waals surface area contributed by atoms with Crippen LogP contribution in [0.5, 0.6) is 0 Å². The summed E-state index contributed by atoms with van der Waals surface area (Å²) >= 11 is 5.80. The fraction of sp³-hybridized carbons (Fsp3) is 0.286. The first-order valence-electron chi connectivity index (χ1n) is 5.90. The van der Waals surface area contributed by atoms with Crippen molar-refractivity contribution in [2.75, 3.05) is 5.32 Å². The Morgan fingerprint density at radius 1 is 1.17 bits per heavy atom. The third kappa shape index (κ3) is 2.18. The molecule has 0 aliphatic carbocycles. The minimum Gasteiger partial charge on any atom is -0.379 e. The molecule has 0 aromatic heterocycles. The SMILES string of the molecule is CC[C@@H](C)Nc1c(-c2ccc(Cl)cc2)c(=O)c1=O. The van der Waals surface area contributed by atoms with Crippen LogP contribution in [0, 0.1) is 0 Å². The number of halogens is 1. The van der Waals surface area contributed by atoms with Gasteiger partial charge < -0.3 is 5.32 Å². The Bertz CT molecular complexity index is 624. The predicted molar refractivity (Wildman–Crippen MR) is 75.2 cm³/mol.